The number of aromatic nitrogens is 1. The summed E-state index contributed by atoms with van der Waals surface area (Å²) in [6.07, 6.45) is -3.30. The van der Waals surface area contributed by atoms with Gasteiger partial charge in [-0.15, -0.1) is 13.2 Å². The van der Waals surface area contributed by atoms with Crippen molar-refractivity contribution in [2.45, 2.75) is 58.0 Å². The fourth-order valence-corrected chi connectivity index (χ4v) is 2.73. The molecule has 0 radical (unpaired) electrons. The fourth-order valence-electron chi connectivity index (χ4n) is 2.73. The maximum atomic E-state index is 13.5. The molecule has 1 aliphatic rings. The summed E-state index contributed by atoms with van der Waals surface area (Å²) < 4.78 is 45.9. The third-order valence-electron chi connectivity index (χ3n) is 3.77. The van der Waals surface area contributed by atoms with Crippen LogP contribution in [0, 0.1) is 0 Å². The third-order valence-corrected chi connectivity index (χ3v) is 3.77. The molecule has 1 aromatic heterocycles. The van der Waals surface area contributed by atoms with E-state index < -0.39 is 35.8 Å². The van der Waals surface area contributed by atoms with Gasteiger partial charge in [-0.2, -0.15) is 0 Å². The molecule has 0 aromatic carbocycles. The number of amides is 2. The number of piperidine rings is 1. The monoisotopic (exact) mass is 373 g/mol. The summed E-state index contributed by atoms with van der Waals surface area (Å²) in [6, 6.07) is 2.67. The SMILES string of the molecule is CC(C)(C)OC(=O)N1CCCCC1C(=O)N(c1ccccn1)C(F)(F)F. The van der Waals surface area contributed by atoms with Crippen LogP contribution in [0.3, 0.4) is 0 Å². The quantitative estimate of drug-likeness (QED) is 0.741. The van der Waals surface area contributed by atoms with Crippen LogP contribution in [0.2, 0.25) is 0 Å². The molecule has 0 spiro atoms. The highest BCUT2D eigenvalue weighted by Gasteiger charge is 2.48. The van der Waals surface area contributed by atoms with Crippen molar-refractivity contribution in [1.29, 1.82) is 0 Å². The lowest BCUT2D eigenvalue weighted by Gasteiger charge is -2.38. The minimum Gasteiger partial charge on any atom is -0.444 e. The first-order valence-electron chi connectivity index (χ1n) is 8.32. The lowest BCUT2D eigenvalue weighted by Crippen LogP contribution is -2.57. The van der Waals surface area contributed by atoms with Crippen LogP contribution in [-0.4, -0.2) is 46.4 Å². The van der Waals surface area contributed by atoms with E-state index in [9.17, 15) is 22.8 Å². The zero-order valence-electron chi connectivity index (χ0n) is 14.9. The first kappa shape index (κ1) is 20.0. The number of pyridine rings is 1. The van der Waals surface area contributed by atoms with Gasteiger partial charge in [0.25, 0.3) is 5.91 Å². The lowest BCUT2D eigenvalue weighted by molar-refractivity contribution is -0.154. The predicted molar refractivity (Wildman–Crippen MR) is 88.4 cm³/mol. The van der Waals surface area contributed by atoms with E-state index >= 15 is 0 Å². The van der Waals surface area contributed by atoms with E-state index in [-0.39, 0.29) is 17.9 Å². The molecule has 2 amide bonds. The Balaban J connectivity index is 2.31. The number of likely N-dealkylation sites (tertiary alicyclic amines) is 1. The number of hydrogen-bond acceptors (Lipinski definition) is 4. The molecular formula is C17H22F3N3O3. The smallest absolute Gasteiger partial charge is 0.444 e. The minimum atomic E-state index is -4.96. The minimum absolute atomic E-state index is 0.136. The molecule has 2 heterocycles. The van der Waals surface area contributed by atoms with Crippen LogP contribution < -0.4 is 4.90 Å². The van der Waals surface area contributed by atoms with Gasteiger partial charge in [0.2, 0.25) is 0 Å². The van der Waals surface area contributed by atoms with E-state index in [1.165, 1.54) is 18.3 Å². The maximum Gasteiger partial charge on any atom is 0.492 e. The average molecular weight is 373 g/mol. The summed E-state index contributed by atoms with van der Waals surface area (Å²) in [4.78, 5) is 29.5. The van der Waals surface area contributed by atoms with Gasteiger partial charge in [0.05, 0.1) is 0 Å². The van der Waals surface area contributed by atoms with Crippen LogP contribution in [0.15, 0.2) is 24.4 Å². The highest BCUT2D eigenvalue weighted by Crippen LogP contribution is 2.31. The van der Waals surface area contributed by atoms with E-state index in [0.29, 0.717) is 12.8 Å². The largest absolute Gasteiger partial charge is 0.492 e. The predicted octanol–water partition coefficient (Wildman–Crippen LogP) is 3.72. The maximum absolute atomic E-state index is 13.5. The van der Waals surface area contributed by atoms with Crippen LogP contribution in [0.5, 0.6) is 0 Å². The molecule has 1 atom stereocenters. The summed E-state index contributed by atoms with van der Waals surface area (Å²) in [6.45, 7) is 5.13. The number of alkyl halides is 3. The Morgan fingerprint density at radius 2 is 1.92 bits per heavy atom. The van der Waals surface area contributed by atoms with Gasteiger partial charge in [0.1, 0.15) is 17.5 Å². The van der Waals surface area contributed by atoms with Crippen molar-refractivity contribution in [2.75, 3.05) is 11.4 Å². The molecule has 0 N–H and O–H groups in total. The summed E-state index contributed by atoms with van der Waals surface area (Å²) >= 11 is 0. The second-order valence-electron chi connectivity index (χ2n) is 7.01. The Hall–Kier alpha value is -2.32. The zero-order valence-corrected chi connectivity index (χ0v) is 14.9. The standard InChI is InChI=1S/C17H22F3N3O3/c1-16(2,3)26-15(25)22-11-7-5-8-12(22)14(24)23(17(18,19)20)13-9-4-6-10-21-13/h4,6,9-10,12H,5,7-8,11H2,1-3H3. The van der Waals surface area contributed by atoms with Crippen molar-refractivity contribution in [3.05, 3.63) is 24.4 Å². The molecule has 1 fully saturated rings. The molecule has 0 saturated carbocycles. The van der Waals surface area contributed by atoms with Gasteiger partial charge >= 0.3 is 12.4 Å². The summed E-state index contributed by atoms with van der Waals surface area (Å²) in [7, 11) is 0. The van der Waals surface area contributed by atoms with Crippen molar-refractivity contribution in [2.24, 2.45) is 0 Å². The molecule has 2 rings (SSSR count). The average Bonchev–Trinajstić information content (AvgIpc) is 2.53. The number of rotatable bonds is 2. The first-order valence-corrected chi connectivity index (χ1v) is 8.32. The summed E-state index contributed by atoms with van der Waals surface area (Å²) in [5.74, 6) is -1.76. The van der Waals surface area contributed by atoms with Crippen molar-refractivity contribution in [3.63, 3.8) is 0 Å². The Morgan fingerprint density at radius 1 is 1.23 bits per heavy atom. The molecular weight excluding hydrogens is 351 g/mol. The molecule has 26 heavy (non-hydrogen) atoms. The number of anilines is 1. The number of hydrogen-bond donors (Lipinski definition) is 0. The molecule has 9 heteroatoms. The van der Waals surface area contributed by atoms with Crippen LogP contribution in [-0.2, 0) is 9.53 Å². The van der Waals surface area contributed by atoms with Gasteiger partial charge in [0, 0.05) is 12.7 Å². The zero-order chi connectivity index (χ0) is 19.5. The second-order valence-corrected chi connectivity index (χ2v) is 7.01. The van der Waals surface area contributed by atoms with Gasteiger partial charge in [0.15, 0.2) is 0 Å². The number of carbonyl (C=O) groups excluding carboxylic acids is 2. The second kappa shape index (κ2) is 7.51. The number of halogens is 3. The Bertz CT molecular complexity index is 644. The number of ether oxygens (including phenoxy) is 1. The van der Waals surface area contributed by atoms with Gasteiger partial charge in [-0.25, -0.2) is 14.7 Å². The normalized spacial score (nSPS) is 18.4. The van der Waals surface area contributed by atoms with Crippen LogP contribution >= 0.6 is 0 Å². The van der Waals surface area contributed by atoms with Gasteiger partial charge < -0.3 is 4.74 Å². The third kappa shape index (κ3) is 4.86. The summed E-state index contributed by atoms with van der Waals surface area (Å²) in [5.41, 5.74) is -0.813. The fraction of sp³-hybridized carbons (Fsp3) is 0.588. The van der Waals surface area contributed by atoms with Crippen LogP contribution in [0.25, 0.3) is 0 Å². The van der Waals surface area contributed by atoms with Crippen LogP contribution in [0.4, 0.5) is 23.8 Å². The van der Waals surface area contributed by atoms with E-state index in [0.717, 1.165) is 11.0 Å². The van der Waals surface area contributed by atoms with Crippen molar-refractivity contribution in [1.82, 2.24) is 9.88 Å². The molecule has 0 bridgehead atoms. The first-order chi connectivity index (χ1) is 12.0. The highest BCUT2D eigenvalue weighted by molar-refractivity contribution is 5.98. The van der Waals surface area contributed by atoms with Gasteiger partial charge in [-0.3, -0.25) is 9.69 Å². The molecule has 1 aromatic rings. The topological polar surface area (TPSA) is 62.7 Å². The van der Waals surface area contributed by atoms with Crippen molar-refractivity contribution in [3.8, 4) is 0 Å². The molecule has 1 saturated heterocycles. The van der Waals surface area contributed by atoms with E-state index in [2.05, 4.69) is 4.98 Å². The van der Waals surface area contributed by atoms with Gasteiger partial charge in [-0.05, 0) is 52.2 Å². The molecule has 144 valence electrons. The lowest BCUT2D eigenvalue weighted by atomic mass is 10.0. The molecule has 1 aliphatic heterocycles. The van der Waals surface area contributed by atoms with E-state index in [4.69, 9.17) is 4.74 Å². The van der Waals surface area contributed by atoms with Crippen molar-refractivity contribution >= 4 is 17.8 Å². The molecule has 6 nitrogen and oxygen atoms in total. The number of carbonyl (C=O) groups is 2. The summed E-state index contributed by atoms with van der Waals surface area (Å²) in [5, 5.41) is 0. The Morgan fingerprint density at radius 3 is 2.46 bits per heavy atom. The molecule has 1 unspecified atom stereocenters. The van der Waals surface area contributed by atoms with Gasteiger partial charge in [-0.1, -0.05) is 6.07 Å². The van der Waals surface area contributed by atoms with E-state index in [1.807, 2.05) is 0 Å². The van der Waals surface area contributed by atoms with Crippen LogP contribution in [0.1, 0.15) is 40.0 Å². The van der Waals surface area contributed by atoms with E-state index in [1.54, 1.807) is 20.8 Å². The molecule has 0 aliphatic carbocycles. The Kier molecular flexibility index (Phi) is 5.77. The highest BCUT2D eigenvalue weighted by atomic mass is 19.4. The Labute approximate surface area is 149 Å². The van der Waals surface area contributed by atoms with Crippen molar-refractivity contribution < 1.29 is 27.5 Å². The number of nitrogens with zero attached hydrogens (tertiary/aromatic N) is 3.